The lowest BCUT2D eigenvalue weighted by atomic mass is 10.1. The molecule has 3 atom stereocenters. The van der Waals surface area contributed by atoms with Crippen molar-refractivity contribution in [3.63, 3.8) is 0 Å². The van der Waals surface area contributed by atoms with E-state index in [1.165, 1.54) is 0 Å². The van der Waals surface area contributed by atoms with Gasteiger partial charge in [-0.15, -0.1) is 0 Å². The highest BCUT2D eigenvalue weighted by atomic mass is 16.5. The van der Waals surface area contributed by atoms with E-state index in [1.807, 2.05) is 35.4 Å². The van der Waals surface area contributed by atoms with Crippen LogP contribution in [0.3, 0.4) is 0 Å². The van der Waals surface area contributed by atoms with Crippen LogP contribution in [0, 0.1) is 0 Å². The maximum Gasteiger partial charge on any atom is 0.272 e. The van der Waals surface area contributed by atoms with Crippen molar-refractivity contribution in [1.82, 2.24) is 14.9 Å². The third-order valence-corrected chi connectivity index (χ3v) is 4.87. The Bertz CT molecular complexity index is 710. The molecule has 0 N–H and O–H groups in total. The standard InChI is InChI=1S/C19H21N3O3/c23-19(15-5-1-2-9-21-15)22-10-11-24-18-16(22)6-7-17(18)25-13-14-4-3-8-20-12-14/h1-5,8-9,12,16-18H,6-7,10-11,13H2/t16-,17+,18+/m0/s1. The van der Waals surface area contributed by atoms with Crippen LogP contribution in [-0.4, -0.2) is 52.2 Å². The van der Waals surface area contributed by atoms with E-state index in [2.05, 4.69) is 9.97 Å². The summed E-state index contributed by atoms with van der Waals surface area (Å²) in [6.07, 6.45) is 6.93. The van der Waals surface area contributed by atoms with Crippen LogP contribution in [0.15, 0.2) is 48.9 Å². The molecule has 6 nitrogen and oxygen atoms in total. The van der Waals surface area contributed by atoms with Gasteiger partial charge in [-0.1, -0.05) is 12.1 Å². The minimum Gasteiger partial charge on any atom is -0.372 e. The number of carbonyl (C=O) groups excluding carboxylic acids is 1. The molecule has 2 aromatic heterocycles. The van der Waals surface area contributed by atoms with Gasteiger partial charge in [0.1, 0.15) is 11.8 Å². The van der Waals surface area contributed by atoms with Gasteiger partial charge in [-0.3, -0.25) is 14.8 Å². The Morgan fingerprint density at radius 3 is 3.00 bits per heavy atom. The van der Waals surface area contributed by atoms with E-state index in [0.29, 0.717) is 25.5 Å². The first-order chi connectivity index (χ1) is 12.3. The van der Waals surface area contributed by atoms with Gasteiger partial charge in [-0.2, -0.15) is 0 Å². The predicted octanol–water partition coefficient (Wildman–Crippen LogP) is 2.07. The topological polar surface area (TPSA) is 64.6 Å². The van der Waals surface area contributed by atoms with Crippen molar-refractivity contribution in [2.45, 2.75) is 37.7 Å². The molecule has 2 aliphatic rings. The van der Waals surface area contributed by atoms with Gasteiger partial charge in [-0.05, 0) is 36.6 Å². The molecule has 25 heavy (non-hydrogen) atoms. The van der Waals surface area contributed by atoms with Gasteiger partial charge >= 0.3 is 0 Å². The fourth-order valence-corrected chi connectivity index (χ4v) is 3.67. The molecule has 2 aromatic rings. The molecule has 4 rings (SSSR count). The number of hydrogen-bond donors (Lipinski definition) is 0. The van der Waals surface area contributed by atoms with E-state index in [1.54, 1.807) is 18.5 Å². The second-order valence-corrected chi connectivity index (χ2v) is 6.40. The minimum absolute atomic E-state index is 0.00420. The molecule has 6 heteroatoms. The van der Waals surface area contributed by atoms with E-state index < -0.39 is 0 Å². The molecule has 2 fully saturated rings. The fraction of sp³-hybridized carbons (Fsp3) is 0.421. The molecule has 0 aromatic carbocycles. The van der Waals surface area contributed by atoms with Crippen LogP contribution in [0.4, 0.5) is 0 Å². The number of carbonyl (C=O) groups is 1. The van der Waals surface area contributed by atoms with E-state index in [-0.39, 0.29) is 24.2 Å². The zero-order chi connectivity index (χ0) is 17.1. The first-order valence-corrected chi connectivity index (χ1v) is 8.67. The monoisotopic (exact) mass is 339 g/mol. The summed E-state index contributed by atoms with van der Waals surface area (Å²) >= 11 is 0. The molecular formula is C19H21N3O3. The van der Waals surface area contributed by atoms with Gasteiger partial charge in [0.2, 0.25) is 0 Å². The second kappa shape index (κ2) is 7.29. The minimum atomic E-state index is -0.0712. The summed E-state index contributed by atoms with van der Waals surface area (Å²) in [5, 5.41) is 0. The molecule has 1 amide bonds. The highest BCUT2D eigenvalue weighted by Gasteiger charge is 2.45. The zero-order valence-electron chi connectivity index (χ0n) is 14.0. The highest BCUT2D eigenvalue weighted by Crippen LogP contribution is 2.33. The molecule has 1 aliphatic heterocycles. The Morgan fingerprint density at radius 2 is 2.20 bits per heavy atom. The molecule has 1 saturated carbocycles. The lowest BCUT2D eigenvalue weighted by Crippen LogP contribution is -2.54. The number of hydrogen-bond acceptors (Lipinski definition) is 5. The number of pyridine rings is 2. The molecule has 130 valence electrons. The number of aromatic nitrogens is 2. The number of ether oxygens (including phenoxy) is 2. The van der Waals surface area contributed by atoms with Crippen LogP contribution in [0.25, 0.3) is 0 Å². The number of amides is 1. The summed E-state index contributed by atoms with van der Waals surface area (Å²) in [5.74, 6) is -0.0215. The normalized spacial score (nSPS) is 25.6. The first-order valence-electron chi connectivity index (χ1n) is 8.67. The molecule has 3 heterocycles. The van der Waals surface area contributed by atoms with Gasteiger partial charge < -0.3 is 14.4 Å². The van der Waals surface area contributed by atoms with Crippen molar-refractivity contribution in [2.24, 2.45) is 0 Å². The second-order valence-electron chi connectivity index (χ2n) is 6.40. The largest absolute Gasteiger partial charge is 0.372 e. The van der Waals surface area contributed by atoms with Gasteiger partial charge in [0.25, 0.3) is 5.91 Å². The fourth-order valence-electron chi connectivity index (χ4n) is 3.67. The average molecular weight is 339 g/mol. The molecule has 1 aliphatic carbocycles. The average Bonchev–Trinajstić information content (AvgIpc) is 3.10. The lowest BCUT2D eigenvalue weighted by molar-refractivity contribution is -0.108. The van der Waals surface area contributed by atoms with Crippen molar-refractivity contribution in [3.05, 3.63) is 60.2 Å². The summed E-state index contributed by atoms with van der Waals surface area (Å²) in [4.78, 5) is 23.0. The third kappa shape index (κ3) is 3.41. The summed E-state index contributed by atoms with van der Waals surface area (Å²) in [6.45, 7) is 1.65. The van der Waals surface area contributed by atoms with Gasteiger partial charge in [-0.25, -0.2) is 0 Å². The van der Waals surface area contributed by atoms with Crippen LogP contribution >= 0.6 is 0 Å². The molecule has 1 saturated heterocycles. The Balaban J connectivity index is 1.42. The smallest absolute Gasteiger partial charge is 0.272 e. The van der Waals surface area contributed by atoms with Crippen LogP contribution in [0.5, 0.6) is 0 Å². The van der Waals surface area contributed by atoms with E-state index in [0.717, 1.165) is 18.4 Å². The third-order valence-electron chi connectivity index (χ3n) is 4.87. The van der Waals surface area contributed by atoms with Crippen LogP contribution in [-0.2, 0) is 16.1 Å². The number of rotatable bonds is 4. The van der Waals surface area contributed by atoms with Gasteiger partial charge in [0, 0.05) is 25.1 Å². The molecule has 0 unspecified atom stereocenters. The van der Waals surface area contributed by atoms with Crippen molar-refractivity contribution in [2.75, 3.05) is 13.2 Å². The van der Waals surface area contributed by atoms with Gasteiger partial charge in [0.05, 0.1) is 25.4 Å². The Labute approximate surface area is 146 Å². The first kappa shape index (κ1) is 16.2. The van der Waals surface area contributed by atoms with Crippen LogP contribution < -0.4 is 0 Å². The van der Waals surface area contributed by atoms with E-state index in [9.17, 15) is 4.79 Å². The maximum atomic E-state index is 12.8. The van der Waals surface area contributed by atoms with Gasteiger partial charge in [0.15, 0.2) is 0 Å². The molecule has 0 radical (unpaired) electrons. The van der Waals surface area contributed by atoms with Crippen molar-refractivity contribution < 1.29 is 14.3 Å². The molecule has 0 bridgehead atoms. The molecule has 0 spiro atoms. The Morgan fingerprint density at radius 1 is 1.24 bits per heavy atom. The van der Waals surface area contributed by atoms with E-state index >= 15 is 0 Å². The number of fused-ring (bicyclic) bond motifs is 1. The Kier molecular flexibility index (Phi) is 4.72. The Hall–Kier alpha value is -2.31. The highest BCUT2D eigenvalue weighted by molar-refractivity contribution is 5.92. The maximum absolute atomic E-state index is 12.8. The van der Waals surface area contributed by atoms with Crippen molar-refractivity contribution >= 4 is 5.91 Å². The predicted molar refractivity (Wildman–Crippen MR) is 90.8 cm³/mol. The van der Waals surface area contributed by atoms with Crippen LogP contribution in [0.1, 0.15) is 28.9 Å². The van der Waals surface area contributed by atoms with Crippen LogP contribution in [0.2, 0.25) is 0 Å². The summed E-state index contributed by atoms with van der Waals surface area (Å²) in [6, 6.07) is 9.38. The number of morpholine rings is 1. The van der Waals surface area contributed by atoms with Crippen molar-refractivity contribution in [1.29, 1.82) is 0 Å². The number of nitrogens with zero attached hydrogens (tertiary/aromatic N) is 3. The van der Waals surface area contributed by atoms with Crippen molar-refractivity contribution in [3.8, 4) is 0 Å². The quantitative estimate of drug-likeness (QED) is 0.853. The summed E-state index contributed by atoms with van der Waals surface area (Å²) in [7, 11) is 0. The van der Waals surface area contributed by atoms with E-state index in [4.69, 9.17) is 9.47 Å². The summed E-state index contributed by atoms with van der Waals surface area (Å²) < 4.78 is 12.0. The molecular weight excluding hydrogens is 318 g/mol. The zero-order valence-corrected chi connectivity index (χ0v) is 14.0. The lowest BCUT2D eigenvalue weighted by Gasteiger charge is -2.38. The summed E-state index contributed by atoms with van der Waals surface area (Å²) in [5.41, 5.74) is 1.53. The SMILES string of the molecule is O=C(c1ccccn1)N1CCO[C@H]2[C@H](OCc3cccnc3)CC[C@@H]21.